The Balaban J connectivity index is 1.97. The molecule has 0 saturated heterocycles. The molecule has 26 heavy (non-hydrogen) atoms. The molecular formula is C16H16N4O4S2. The summed E-state index contributed by atoms with van der Waals surface area (Å²) in [4.78, 5) is 15.2. The summed E-state index contributed by atoms with van der Waals surface area (Å²) in [6, 6.07) is 11.1. The zero-order valence-electron chi connectivity index (χ0n) is 13.8. The van der Waals surface area contributed by atoms with Crippen molar-refractivity contribution in [1.82, 2.24) is 9.55 Å². The van der Waals surface area contributed by atoms with Crippen LogP contribution < -0.4 is 5.14 Å². The minimum atomic E-state index is -3.81. The van der Waals surface area contributed by atoms with Crippen LogP contribution in [-0.4, -0.2) is 22.9 Å². The number of nitrogens with zero attached hydrogens (tertiary/aromatic N) is 3. The van der Waals surface area contributed by atoms with E-state index in [9.17, 15) is 18.5 Å². The number of imidazole rings is 1. The normalized spacial score (nSPS) is 11.8. The lowest BCUT2D eigenvalue weighted by Crippen LogP contribution is -2.11. The molecule has 2 N–H and O–H groups in total. The van der Waals surface area contributed by atoms with Gasteiger partial charge in [0.1, 0.15) is 0 Å². The monoisotopic (exact) mass is 392 g/mol. The van der Waals surface area contributed by atoms with Crippen LogP contribution >= 0.6 is 11.8 Å². The first-order chi connectivity index (χ1) is 12.3. The number of nitrogens with two attached hydrogens (primary N) is 1. The molecule has 3 rings (SSSR count). The SMILES string of the molecule is CCn1c(SCc2ccccc2[N+](=O)[O-])nc2cc(S(N)(=O)=O)ccc21. The second-order valence-electron chi connectivity index (χ2n) is 5.51. The molecule has 0 radical (unpaired) electrons. The molecule has 0 fully saturated rings. The van der Waals surface area contributed by atoms with E-state index in [4.69, 9.17) is 5.14 Å². The molecule has 10 heteroatoms. The molecule has 0 saturated carbocycles. The van der Waals surface area contributed by atoms with Gasteiger partial charge in [-0.3, -0.25) is 10.1 Å². The molecule has 0 unspecified atom stereocenters. The quantitative estimate of drug-likeness (QED) is 0.391. The molecule has 3 aromatic rings. The summed E-state index contributed by atoms with van der Waals surface area (Å²) in [5, 5.41) is 17.0. The second-order valence-corrected chi connectivity index (χ2v) is 8.01. The molecule has 0 amide bonds. The van der Waals surface area contributed by atoms with Gasteiger partial charge in [0.15, 0.2) is 5.16 Å². The molecule has 8 nitrogen and oxygen atoms in total. The minimum Gasteiger partial charge on any atom is -0.319 e. The number of thioether (sulfide) groups is 1. The van der Waals surface area contributed by atoms with Crippen molar-refractivity contribution >= 4 is 38.5 Å². The lowest BCUT2D eigenvalue weighted by Gasteiger charge is -2.06. The zero-order chi connectivity index (χ0) is 18.9. The number of primary sulfonamides is 1. The molecular weight excluding hydrogens is 376 g/mol. The number of fused-ring (bicyclic) bond motifs is 1. The number of hydrogen-bond acceptors (Lipinski definition) is 6. The number of rotatable bonds is 6. The van der Waals surface area contributed by atoms with Crippen molar-refractivity contribution in [3.05, 3.63) is 58.1 Å². The molecule has 136 valence electrons. The van der Waals surface area contributed by atoms with Gasteiger partial charge in [0, 0.05) is 23.9 Å². The third kappa shape index (κ3) is 3.57. The van der Waals surface area contributed by atoms with Crippen LogP contribution in [0.15, 0.2) is 52.5 Å². The molecule has 2 aromatic carbocycles. The van der Waals surface area contributed by atoms with E-state index in [1.807, 2.05) is 11.5 Å². The molecule has 0 atom stereocenters. The van der Waals surface area contributed by atoms with E-state index in [-0.39, 0.29) is 10.6 Å². The number of nitro groups is 1. The van der Waals surface area contributed by atoms with Crippen LogP contribution in [0.5, 0.6) is 0 Å². The number of hydrogen-bond donors (Lipinski definition) is 1. The van der Waals surface area contributed by atoms with E-state index in [1.165, 1.54) is 30.0 Å². The van der Waals surface area contributed by atoms with E-state index in [0.29, 0.717) is 28.5 Å². The highest BCUT2D eigenvalue weighted by atomic mass is 32.2. The fraction of sp³-hybridized carbons (Fsp3) is 0.188. The maximum Gasteiger partial charge on any atom is 0.273 e. The van der Waals surface area contributed by atoms with Gasteiger partial charge >= 0.3 is 0 Å². The lowest BCUT2D eigenvalue weighted by atomic mass is 10.2. The van der Waals surface area contributed by atoms with Crippen LogP contribution in [0, 0.1) is 10.1 Å². The predicted molar refractivity (Wildman–Crippen MR) is 99.4 cm³/mol. The molecule has 0 aliphatic rings. The Morgan fingerprint density at radius 1 is 1.27 bits per heavy atom. The molecule has 0 spiro atoms. The Bertz CT molecular complexity index is 1090. The van der Waals surface area contributed by atoms with Gasteiger partial charge in [0.2, 0.25) is 10.0 Å². The van der Waals surface area contributed by atoms with Crippen molar-refractivity contribution in [3.8, 4) is 0 Å². The maximum atomic E-state index is 11.5. The van der Waals surface area contributed by atoms with E-state index in [1.54, 1.807) is 24.3 Å². The fourth-order valence-electron chi connectivity index (χ4n) is 2.63. The second kappa shape index (κ2) is 7.06. The van der Waals surface area contributed by atoms with Crippen molar-refractivity contribution in [2.45, 2.75) is 29.3 Å². The predicted octanol–water partition coefficient (Wildman–Crippen LogP) is 2.90. The van der Waals surface area contributed by atoms with Crippen LogP contribution in [0.4, 0.5) is 5.69 Å². The molecule has 0 aliphatic heterocycles. The number of sulfonamides is 1. The van der Waals surface area contributed by atoms with E-state index < -0.39 is 14.9 Å². The van der Waals surface area contributed by atoms with E-state index in [2.05, 4.69) is 4.98 Å². The van der Waals surface area contributed by atoms with Crippen molar-refractivity contribution in [2.75, 3.05) is 0 Å². The van der Waals surface area contributed by atoms with Crippen molar-refractivity contribution in [2.24, 2.45) is 5.14 Å². The summed E-state index contributed by atoms with van der Waals surface area (Å²) in [6.07, 6.45) is 0. The highest BCUT2D eigenvalue weighted by Gasteiger charge is 2.17. The highest BCUT2D eigenvalue weighted by Crippen LogP contribution is 2.30. The first-order valence-corrected chi connectivity index (χ1v) is 10.2. The van der Waals surface area contributed by atoms with Gasteiger partial charge in [-0.2, -0.15) is 0 Å². The van der Waals surface area contributed by atoms with Crippen molar-refractivity contribution in [3.63, 3.8) is 0 Å². The van der Waals surface area contributed by atoms with E-state index in [0.717, 1.165) is 5.52 Å². The standard InChI is InChI=1S/C16H16N4O4S2/c1-2-19-15-8-7-12(26(17,23)24)9-13(15)18-16(19)25-10-11-5-3-4-6-14(11)20(21)22/h3-9H,2,10H2,1H3,(H2,17,23,24). The van der Waals surface area contributed by atoms with Crippen molar-refractivity contribution in [1.29, 1.82) is 0 Å². The van der Waals surface area contributed by atoms with Gasteiger partial charge in [-0.05, 0) is 25.1 Å². The Kier molecular flexibility index (Phi) is 4.99. The summed E-state index contributed by atoms with van der Waals surface area (Å²) >= 11 is 1.36. The van der Waals surface area contributed by atoms with Gasteiger partial charge in [-0.15, -0.1) is 0 Å². The largest absolute Gasteiger partial charge is 0.319 e. The molecule has 1 heterocycles. The third-order valence-electron chi connectivity index (χ3n) is 3.87. The average molecular weight is 392 g/mol. The Hall–Kier alpha value is -2.43. The van der Waals surface area contributed by atoms with Gasteiger partial charge in [-0.25, -0.2) is 18.5 Å². The fourth-order valence-corrected chi connectivity index (χ4v) is 4.24. The summed E-state index contributed by atoms with van der Waals surface area (Å²) < 4.78 is 25.0. The zero-order valence-corrected chi connectivity index (χ0v) is 15.5. The summed E-state index contributed by atoms with van der Waals surface area (Å²) in [6.45, 7) is 2.58. The summed E-state index contributed by atoms with van der Waals surface area (Å²) in [5.41, 5.74) is 1.96. The Morgan fingerprint density at radius 3 is 2.65 bits per heavy atom. The van der Waals surface area contributed by atoms with Gasteiger partial charge in [0.05, 0.1) is 20.9 Å². The number of aromatic nitrogens is 2. The lowest BCUT2D eigenvalue weighted by molar-refractivity contribution is -0.385. The Labute approximate surface area is 154 Å². The first kappa shape index (κ1) is 18.4. The van der Waals surface area contributed by atoms with Crippen molar-refractivity contribution < 1.29 is 13.3 Å². The summed E-state index contributed by atoms with van der Waals surface area (Å²) in [5.74, 6) is 0.377. The highest BCUT2D eigenvalue weighted by molar-refractivity contribution is 7.98. The van der Waals surface area contributed by atoms with Crippen LogP contribution in [-0.2, 0) is 22.3 Å². The topological polar surface area (TPSA) is 121 Å². The number of nitro benzene ring substituents is 1. The van der Waals surface area contributed by atoms with Gasteiger partial charge in [-0.1, -0.05) is 30.0 Å². The van der Waals surface area contributed by atoms with Crippen LogP contribution in [0.2, 0.25) is 0 Å². The molecule has 0 bridgehead atoms. The molecule has 1 aromatic heterocycles. The Morgan fingerprint density at radius 2 is 2.00 bits per heavy atom. The van der Waals surface area contributed by atoms with Crippen LogP contribution in [0.1, 0.15) is 12.5 Å². The average Bonchev–Trinajstić information content (AvgIpc) is 2.95. The van der Waals surface area contributed by atoms with Gasteiger partial charge in [0.25, 0.3) is 5.69 Å². The maximum absolute atomic E-state index is 11.5. The number of para-hydroxylation sites is 1. The van der Waals surface area contributed by atoms with Crippen LogP contribution in [0.25, 0.3) is 11.0 Å². The number of aryl methyl sites for hydroxylation is 1. The third-order valence-corrected chi connectivity index (χ3v) is 5.81. The summed E-state index contributed by atoms with van der Waals surface area (Å²) in [7, 11) is -3.81. The van der Waals surface area contributed by atoms with Crippen LogP contribution in [0.3, 0.4) is 0 Å². The van der Waals surface area contributed by atoms with E-state index >= 15 is 0 Å². The first-order valence-electron chi connectivity index (χ1n) is 7.69. The minimum absolute atomic E-state index is 0.000926. The smallest absolute Gasteiger partial charge is 0.273 e. The number of benzene rings is 2. The van der Waals surface area contributed by atoms with Gasteiger partial charge < -0.3 is 4.57 Å². The molecule has 0 aliphatic carbocycles.